The van der Waals surface area contributed by atoms with Crippen molar-refractivity contribution in [3.8, 4) is 17.2 Å². The second-order valence-corrected chi connectivity index (χ2v) is 8.63. The molecule has 7 nitrogen and oxygen atoms in total. The maximum absolute atomic E-state index is 12.6. The molecule has 0 radical (unpaired) electrons. The van der Waals surface area contributed by atoms with E-state index in [1.54, 1.807) is 18.2 Å². The summed E-state index contributed by atoms with van der Waals surface area (Å²) in [6, 6.07) is 23.8. The molecule has 0 fully saturated rings. The lowest BCUT2D eigenvalue weighted by molar-refractivity contribution is -0.118. The van der Waals surface area contributed by atoms with Gasteiger partial charge in [0.25, 0.3) is 5.91 Å². The number of nitrogens with one attached hydrogen (secondary N) is 1. The molecular formula is C28H25N3O4. The number of carbonyl (C=O) groups is 1. The van der Waals surface area contributed by atoms with Crippen LogP contribution in [-0.4, -0.2) is 37.3 Å². The minimum Gasteiger partial charge on any atom is -0.486 e. The predicted octanol–water partition coefficient (Wildman–Crippen LogP) is 4.59. The summed E-state index contributed by atoms with van der Waals surface area (Å²) in [6.07, 6.45) is 0.994. The third kappa shape index (κ3) is 4.45. The van der Waals surface area contributed by atoms with Crippen LogP contribution in [0.4, 0.5) is 11.5 Å². The molecule has 0 atom stereocenters. The highest BCUT2D eigenvalue weighted by Crippen LogP contribution is 2.33. The number of carbonyl (C=O) groups excluding carboxylic acids is 1. The Morgan fingerprint density at radius 3 is 2.71 bits per heavy atom. The highest BCUT2D eigenvalue weighted by atomic mass is 16.6. The normalized spacial score (nSPS) is 14.3. The molecule has 2 aliphatic heterocycles. The summed E-state index contributed by atoms with van der Waals surface area (Å²) in [7, 11) is 0. The molecule has 0 saturated heterocycles. The first kappa shape index (κ1) is 21.3. The van der Waals surface area contributed by atoms with Crippen LogP contribution in [0.5, 0.6) is 17.2 Å². The van der Waals surface area contributed by atoms with Crippen molar-refractivity contribution < 1.29 is 19.0 Å². The number of fused-ring (bicyclic) bond motifs is 3. The molecule has 6 rings (SSSR count). The van der Waals surface area contributed by atoms with Gasteiger partial charge in [-0.1, -0.05) is 36.4 Å². The van der Waals surface area contributed by atoms with Crippen LogP contribution >= 0.6 is 0 Å². The standard InChI is InChI=1S/C28H25N3O4/c32-27(29-22-9-10-23-25(16-22)34-15-14-33-23)18-35-24-7-3-6-20-8-11-26(30-28(20)24)31-13-12-19-4-1-2-5-21(19)17-31/h1-11,16H,12-15,17-18H2,(H,29,32). The fourth-order valence-corrected chi connectivity index (χ4v) is 4.55. The van der Waals surface area contributed by atoms with Crippen molar-refractivity contribution in [2.45, 2.75) is 13.0 Å². The quantitative estimate of drug-likeness (QED) is 0.463. The number of anilines is 2. The van der Waals surface area contributed by atoms with Crippen LogP contribution in [-0.2, 0) is 17.8 Å². The zero-order chi connectivity index (χ0) is 23.6. The number of benzene rings is 3. The van der Waals surface area contributed by atoms with Crippen molar-refractivity contribution in [1.29, 1.82) is 0 Å². The Morgan fingerprint density at radius 1 is 0.943 bits per heavy atom. The molecule has 0 aliphatic carbocycles. The Kier molecular flexibility index (Phi) is 5.58. The van der Waals surface area contributed by atoms with E-state index in [1.165, 1.54) is 11.1 Å². The highest BCUT2D eigenvalue weighted by molar-refractivity contribution is 5.93. The molecule has 0 spiro atoms. The minimum atomic E-state index is -0.262. The average Bonchev–Trinajstić information content (AvgIpc) is 2.91. The van der Waals surface area contributed by atoms with Crippen molar-refractivity contribution in [2.75, 3.05) is 36.6 Å². The summed E-state index contributed by atoms with van der Waals surface area (Å²) in [5.41, 5.74) is 4.11. The lowest BCUT2D eigenvalue weighted by Gasteiger charge is -2.30. The summed E-state index contributed by atoms with van der Waals surface area (Å²) < 4.78 is 17.0. The van der Waals surface area contributed by atoms with Crippen LogP contribution < -0.4 is 24.4 Å². The molecule has 0 unspecified atom stereocenters. The van der Waals surface area contributed by atoms with E-state index in [0.29, 0.717) is 36.1 Å². The number of para-hydroxylation sites is 1. The fraction of sp³-hybridized carbons (Fsp3) is 0.214. The van der Waals surface area contributed by atoms with Gasteiger partial charge in [-0.3, -0.25) is 4.79 Å². The summed E-state index contributed by atoms with van der Waals surface area (Å²) in [4.78, 5) is 19.8. The molecule has 1 aromatic heterocycles. The van der Waals surface area contributed by atoms with Gasteiger partial charge in [0.15, 0.2) is 18.1 Å². The lowest BCUT2D eigenvalue weighted by Crippen LogP contribution is -2.30. The number of rotatable bonds is 5. The molecule has 2 aliphatic rings. The van der Waals surface area contributed by atoms with E-state index in [2.05, 4.69) is 46.6 Å². The molecule has 1 amide bonds. The third-order valence-corrected chi connectivity index (χ3v) is 6.31. The first-order chi connectivity index (χ1) is 17.2. The lowest BCUT2D eigenvalue weighted by atomic mass is 10.00. The van der Waals surface area contributed by atoms with Gasteiger partial charge < -0.3 is 24.4 Å². The fourth-order valence-electron chi connectivity index (χ4n) is 4.55. The highest BCUT2D eigenvalue weighted by Gasteiger charge is 2.18. The molecule has 3 aromatic carbocycles. The number of ether oxygens (including phenoxy) is 3. The van der Waals surface area contributed by atoms with E-state index < -0.39 is 0 Å². The molecular weight excluding hydrogens is 442 g/mol. The van der Waals surface area contributed by atoms with Crippen molar-refractivity contribution in [1.82, 2.24) is 4.98 Å². The smallest absolute Gasteiger partial charge is 0.262 e. The summed E-state index contributed by atoms with van der Waals surface area (Å²) in [5.74, 6) is 2.53. The van der Waals surface area contributed by atoms with Gasteiger partial charge in [0, 0.05) is 30.2 Å². The van der Waals surface area contributed by atoms with Gasteiger partial charge in [-0.2, -0.15) is 0 Å². The molecule has 35 heavy (non-hydrogen) atoms. The molecule has 7 heteroatoms. The number of aromatic nitrogens is 1. The van der Waals surface area contributed by atoms with Gasteiger partial charge in [0.2, 0.25) is 0 Å². The topological polar surface area (TPSA) is 72.9 Å². The van der Waals surface area contributed by atoms with Crippen molar-refractivity contribution in [2.24, 2.45) is 0 Å². The Hall–Kier alpha value is -4.26. The zero-order valence-electron chi connectivity index (χ0n) is 19.2. The van der Waals surface area contributed by atoms with E-state index >= 15 is 0 Å². The van der Waals surface area contributed by atoms with Crippen LogP contribution in [0, 0.1) is 0 Å². The van der Waals surface area contributed by atoms with Crippen LogP contribution in [0.1, 0.15) is 11.1 Å². The monoisotopic (exact) mass is 467 g/mol. The van der Waals surface area contributed by atoms with Gasteiger partial charge >= 0.3 is 0 Å². The van der Waals surface area contributed by atoms with Crippen molar-refractivity contribution in [3.63, 3.8) is 0 Å². The van der Waals surface area contributed by atoms with E-state index in [0.717, 1.165) is 36.2 Å². The Morgan fingerprint density at radius 2 is 1.80 bits per heavy atom. The van der Waals surface area contributed by atoms with Crippen LogP contribution in [0.15, 0.2) is 72.8 Å². The molecule has 1 N–H and O–H groups in total. The van der Waals surface area contributed by atoms with Gasteiger partial charge in [0.1, 0.15) is 30.3 Å². The van der Waals surface area contributed by atoms with E-state index in [9.17, 15) is 4.79 Å². The van der Waals surface area contributed by atoms with Crippen LogP contribution in [0.3, 0.4) is 0 Å². The minimum absolute atomic E-state index is 0.128. The summed E-state index contributed by atoms with van der Waals surface area (Å²) in [6.45, 7) is 2.63. The number of amides is 1. The first-order valence-electron chi connectivity index (χ1n) is 11.8. The molecule has 0 bridgehead atoms. The predicted molar refractivity (Wildman–Crippen MR) is 134 cm³/mol. The number of pyridine rings is 1. The molecule has 176 valence electrons. The molecule has 3 heterocycles. The van der Waals surface area contributed by atoms with E-state index in [-0.39, 0.29) is 12.5 Å². The third-order valence-electron chi connectivity index (χ3n) is 6.31. The first-order valence-corrected chi connectivity index (χ1v) is 11.8. The maximum Gasteiger partial charge on any atom is 0.262 e. The average molecular weight is 468 g/mol. The molecule has 4 aromatic rings. The Bertz CT molecular complexity index is 1400. The summed E-state index contributed by atoms with van der Waals surface area (Å²) in [5, 5.41) is 3.82. The SMILES string of the molecule is O=C(COc1cccc2ccc(N3CCc4ccccc4C3)nc12)Nc1ccc2c(c1)OCCO2. The summed E-state index contributed by atoms with van der Waals surface area (Å²) >= 11 is 0. The zero-order valence-corrected chi connectivity index (χ0v) is 19.2. The van der Waals surface area contributed by atoms with Gasteiger partial charge in [0.05, 0.1) is 0 Å². The number of hydrogen-bond acceptors (Lipinski definition) is 6. The largest absolute Gasteiger partial charge is 0.486 e. The maximum atomic E-state index is 12.6. The van der Waals surface area contributed by atoms with Gasteiger partial charge in [-0.05, 0) is 47.9 Å². The van der Waals surface area contributed by atoms with E-state index in [1.807, 2.05) is 18.2 Å². The Balaban J connectivity index is 1.17. The number of nitrogens with zero attached hydrogens (tertiary/aromatic N) is 2. The van der Waals surface area contributed by atoms with Crippen molar-refractivity contribution >= 4 is 28.3 Å². The van der Waals surface area contributed by atoms with Crippen LogP contribution in [0.2, 0.25) is 0 Å². The van der Waals surface area contributed by atoms with Crippen LogP contribution in [0.25, 0.3) is 10.9 Å². The second kappa shape index (κ2) is 9.18. The van der Waals surface area contributed by atoms with Crippen molar-refractivity contribution in [3.05, 3.63) is 83.9 Å². The van der Waals surface area contributed by atoms with Gasteiger partial charge in [-0.15, -0.1) is 0 Å². The number of hydrogen-bond donors (Lipinski definition) is 1. The second-order valence-electron chi connectivity index (χ2n) is 8.63. The Labute approximate surface area is 203 Å². The van der Waals surface area contributed by atoms with Gasteiger partial charge in [-0.25, -0.2) is 4.98 Å². The molecule has 0 saturated carbocycles. The van der Waals surface area contributed by atoms with E-state index in [4.69, 9.17) is 19.2 Å².